The molecule has 0 fully saturated rings. The molecule has 0 amide bonds. The summed E-state index contributed by atoms with van der Waals surface area (Å²) in [6, 6.07) is 21.4. The Labute approximate surface area is 188 Å². The van der Waals surface area contributed by atoms with Crippen LogP contribution in [0.25, 0.3) is 6.08 Å². The summed E-state index contributed by atoms with van der Waals surface area (Å²) in [6.45, 7) is 6.93. The maximum Gasteiger partial charge on any atom is 0.363 e. The third-order valence-electron chi connectivity index (χ3n) is 5.13. The number of carbonyl (C=O) groups excluding carboxylic acids is 1. The van der Waals surface area contributed by atoms with Gasteiger partial charge in [-0.2, -0.15) is 0 Å². The third kappa shape index (κ3) is 4.89. The highest BCUT2D eigenvalue weighted by atomic mass is 16.6. The molecule has 1 aliphatic heterocycles. The number of esters is 1. The van der Waals surface area contributed by atoms with Crippen LogP contribution in [0.15, 0.2) is 77.4 Å². The monoisotopic (exact) mass is 427 g/mol. The SMILES string of the molecule is CCOc1cc(C=C2N=C(c3ccc(C)cc3)OC2=O)ccc1OCc1ccccc1C. The Morgan fingerprint density at radius 1 is 0.938 bits per heavy atom. The second-order valence-corrected chi connectivity index (χ2v) is 7.56. The van der Waals surface area contributed by atoms with Crippen molar-refractivity contribution >= 4 is 17.9 Å². The van der Waals surface area contributed by atoms with Crippen molar-refractivity contribution < 1.29 is 19.0 Å². The van der Waals surface area contributed by atoms with E-state index in [1.54, 1.807) is 6.08 Å². The molecule has 3 aromatic carbocycles. The zero-order valence-electron chi connectivity index (χ0n) is 18.4. The summed E-state index contributed by atoms with van der Waals surface area (Å²) in [6.07, 6.45) is 1.69. The maximum absolute atomic E-state index is 12.3. The Hall–Kier alpha value is -3.86. The lowest BCUT2D eigenvalue weighted by Crippen LogP contribution is -2.05. The Morgan fingerprint density at radius 3 is 2.47 bits per heavy atom. The number of hydrogen-bond donors (Lipinski definition) is 0. The van der Waals surface area contributed by atoms with E-state index in [2.05, 4.69) is 18.0 Å². The average Bonchev–Trinajstić information content (AvgIpc) is 3.15. The fourth-order valence-electron chi connectivity index (χ4n) is 3.32. The molecule has 0 saturated heterocycles. The van der Waals surface area contributed by atoms with Crippen LogP contribution in [0.5, 0.6) is 11.5 Å². The van der Waals surface area contributed by atoms with Crippen molar-refractivity contribution in [3.63, 3.8) is 0 Å². The Morgan fingerprint density at radius 2 is 1.72 bits per heavy atom. The molecule has 0 bridgehead atoms. The van der Waals surface area contributed by atoms with Crippen molar-refractivity contribution in [1.29, 1.82) is 0 Å². The molecular formula is C27H25NO4. The summed E-state index contributed by atoms with van der Waals surface area (Å²) in [4.78, 5) is 16.7. The van der Waals surface area contributed by atoms with E-state index in [0.717, 1.165) is 22.3 Å². The fourth-order valence-corrected chi connectivity index (χ4v) is 3.32. The quantitative estimate of drug-likeness (QED) is 0.362. The van der Waals surface area contributed by atoms with Gasteiger partial charge in [-0.05, 0) is 67.8 Å². The van der Waals surface area contributed by atoms with Gasteiger partial charge in [0.25, 0.3) is 0 Å². The van der Waals surface area contributed by atoms with Crippen LogP contribution in [0.4, 0.5) is 0 Å². The Bertz CT molecular complexity index is 1190. The van der Waals surface area contributed by atoms with Gasteiger partial charge >= 0.3 is 5.97 Å². The minimum Gasteiger partial charge on any atom is -0.490 e. The van der Waals surface area contributed by atoms with Crippen molar-refractivity contribution in [3.05, 3.63) is 100 Å². The number of rotatable bonds is 7. The molecular weight excluding hydrogens is 402 g/mol. The average molecular weight is 428 g/mol. The summed E-state index contributed by atoms with van der Waals surface area (Å²) >= 11 is 0. The molecule has 1 heterocycles. The zero-order valence-corrected chi connectivity index (χ0v) is 18.4. The van der Waals surface area contributed by atoms with Gasteiger partial charge in [0, 0.05) is 5.56 Å². The third-order valence-corrected chi connectivity index (χ3v) is 5.13. The Balaban J connectivity index is 1.56. The minimum absolute atomic E-state index is 0.247. The molecule has 0 radical (unpaired) electrons. The normalized spacial score (nSPS) is 14.3. The number of ether oxygens (including phenoxy) is 3. The van der Waals surface area contributed by atoms with Crippen LogP contribution in [0.1, 0.15) is 34.7 Å². The zero-order chi connectivity index (χ0) is 22.5. The predicted molar refractivity (Wildman–Crippen MR) is 125 cm³/mol. The lowest BCUT2D eigenvalue weighted by molar-refractivity contribution is -0.129. The number of carbonyl (C=O) groups is 1. The van der Waals surface area contributed by atoms with Crippen LogP contribution in [0, 0.1) is 13.8 Å². The van der Waals surface area contributed by atoms with Gasteiger partial charge in [-0.15, -0.1) is 0 Å². The van der Waals surface area contributed by atoms with Crippen LogP contribution in [0.3, 0.4) is 0 Å². The van der Waals surface area contributed by atoms with Crippen LogP contribution < -0.4 is 9.47 Å². The molecule has 0 aromatic heterocycles. The van der Waals surface area contributed by atoms with Crippen molar-refractivity contribution in [3.8, 4) is 11.5 Å². The van der Waals surface area contributed by atoms with E-state index in [4.69, 9.17) is 14.2 Å². The van der Waals surface area contributed by atoms with E-state index in [9.17, 15) is 4.79 Å². The number of cyclic esters (lactones) is 1. The minimum atomic E-state index is -0.474. The number of hydrogen-bond acceptors (Lipinski definition) is 5. The lowest BCUT2D eigenvalue weighted by Gasteiger charge is -2.13. The molecule has 0 N–H and O–H groups in total. The Kier molecular flexibility index (Phi) is 6.36. The molecule has 0 aliphatic carbocycles. The molecule has 1 aliphatic rings. The van der Waals surface area contributed by atoms with E-state index >= 15 is 0 Å². The maximum atomic E-state index is 12.3. The lowest BCUT2D eigenvalue weighted by atomic mass is 10.1. The van der Waals surface area contributed by atoms with E-state index in [-0.39, 0.29) is 5.70 Å². The summed E-state index contributed by atoms with van der Waals surface area (Å²) < 4.78 is 17.2. The van der Waals surface area contributed by atoms with Gasteiger partial charge in [-0.25, -0.2) is 9.79 Å². The van der Waals surface area contributed by atoms with E-state index in [0.29, 0.717) is 30.6 Å². The molecule has 0 unspecified atom stereocenters. The van der Waals surface area contributed by atoms with Crippen molar-refractivity contribution in [1.82, 2.24) is 0 Å². The van der Waals surface area contributed by atoms with Gasteiger partial charge in [0.1, 0.15) is 6.61 Å². The molecule has 0 atom stereocenters. The summed E-state index contributed by atoms with van der Waals surface area (Å²) in [7, 11) is 0. The number of aryl methyl sites for hydroxylation is 2. The highest BCUT2D eigenvalue weighted by Crippen LogP contribution is 2.31. The van der Waals surface area contributed by atoms with Crippen LogP contribution >= 0.6 is 0 Å². The smallest absolute Gasteiger partial charge is 0.363 e. The first-order valence-electron chi connectivity index (χ1n) is 10.6. The van der Waals surface area contributed by atoms with Crippen molar-refractivity contribution in [2.45, 2.75) is 27.4 Å². The van der Waals surface area contributed by atoms with Crippen LogP contribution in [0.2, 0.25) is 0 Å². The van der Waals surface area contributed by atoms with Gasteiger partial charge < -0.3 is 14.2 Å². The number of nitrogens with zero attached hydrogens (tertiary/aromatic N) is 1. The largest absolute Gasteiger partial charge is 0.490 e. The first kappa shape index (κ1) is 21.4. The first-order chi connectivity index (χ1) is 15.5. The summed E-state index contributed by atoms with van der Waals surface area (Å²) in [5.74, 6) is 1.10. The summed E-state index contributed by atoms with van der Waals surface area (Å²) in [5.41, 5.74) is 5.21. The van der Waals surface area contributed by atoms with E-state index in [1.807, 2.05) is 74.5 Å². The van der Waals surface area contributed by atoms with Crippen molar-refractivity contribution in [2.75, 3.05) is 6.61 Å². The second kappa shape index (κ2) is 9.52. The molecule has 5 heteroatoms. The fraction of sp³-hybridized carbons (Fsp3) is 0.185. The number of benzene rings is 3. The van der Waals surface area contributed by atoms with E-state index < -0.39 is 5.97 Å². The van der Waals surface area contributed by atoms with Gasteiger partial charge in [-0.3, -0.25) is 0 Å². The summed E-state index contributed by atoms with van der Waals surface area (Å²) in [5, 5.41) is 0. The molecule has 162 valence electrons. The second-order valence-electron chi connectivity index (χ2n) is 7.56. The highest BCUT2D eigenvalue weighted by molar-refractivity contribution is 6.12. The topological polar surface area (TPSA) is 57.1 Å². The predicted octanol–water partition coefficient (Wildman–Crippen LogP) is 5.63. The molecule has 32 heavy (non-hydrogen) atoms. The van der Waals surface area contributed by atoms with Gasteiger partial charge in [0.15, 0.2) is 17.2 Å². The molecule has 5 nitrogen and oxygen atoms in total. The number of aliphatic imine (C=N–C) groups is 1. The molecule has 0 spiro atoms. The molecule has 4 rings (SSSR count). The van der Waals surface area contributed by atoms with Crippen molar-refractivity contribution in [2.24, 2.45) is 4.99 Å². The standard InChI is InChI=1S/C27H25NO4/c1-4-30-25-16-20(11-14-24(25)31-17-22-8-6-5-7-19(22)3)15-23-27(29)32-26(28-23)21-12-9-18(2)10-13-21/h5-16H,4,17H2,1-3H3. The van der Waals surface area contributed by atoms with Crippen LogP contribution in [-0.2, 0) is 16.1 Å². The highest BCUT2D eigenvalue weighted by Gasteiger charge is 2.24. The molecule has 3 aromatic rings. The first-order valence-corrected chi connectivity index (χ1v) is 10.6. The van der Waals surface area contributed by atoms with E-state index in [1.165, 1.54) is 5.56 Å². The van der Waals surface area contributed by atoms with Gasteiger partial charge in [0.05, 0.1) is 6.61 Å². The van der Waals surface area contributed by atoms with Gasteiger partial charge in [-0.1, -0.05) is 48.0 Å². The molecule has 0 saturated carbocycles. The van der Waals surface area contributed by atoms with Gasteiger partial charge in [0.2, 0.25) is 5.90 Å². The van der Waals surface area contributed by atoms with Crippen LogP contribution in [-0.4, -0.2) is 18.5 Å².